The van der Waals surface area contributed by atoms with Gasteiger partial charge < -0.3 is 14.9 Å². The quantitative estimate of drug-likeness (QED) is 0.652. The Kier molecular flexibility index (Phi) is 4.57. The molecule has 0 bridgehead atoms. The Labute approximate surface area is 117 Å². The molecule has 6 heteroatoms. The summed E-state index contributed by atoms with van der Waals surface area (Å²) in [4.78, 5) is 10.3. The number of benzene rings is 1. The lowest BCUT2D eigenvalue weighted by atomic mass is 9.94. The fourth-order valence-electron chi connectivity index (χ4n) is 2.46. The average molecular weight is 281 g/mol. The minimum atomic E-state index is -0.870. The van der Waals surface area contributed by atoms with Gasteiger partial charge in [-0.2, -0.15) is 0 Å². The monoisotopic (exact) mass is 281 g/mol. The Balaban J connectivity index is 2.24. The molecule has 0 spiro atoms. The molecule has 0 amide bonds. The van der Waals surface area contributed by atoms with Crippen LogP contribution in [0.5, 0.6) is 5.75 Å². The van der Waals surface area contributed by atoms with Gasteiger partial charge in [-0.15, -0.1) is 0 Å². The van der Waals surface area contributed by atoms with Gasteiger partial charge in [0.25, 0.3) is 5.69 Å². The van der Waals surface area contributed by atoms with E-state index < -0.39 is 17.1 Å². The predicted molar refractivity (Wildman–Crippen MR) is 72.6 cm³/mol. The Morgan fingerprint density at radius 3 is 2.70 bits per heavy atom. The van der Waals surface area contributed by atoms with Crippen molar-refractivity contribution in [3.8, 4) is 5.75 Å². The van der Waals surface area contributed by atoms with E-state index in [-0.39, 0.29) is 11.8 Å². The molecule has 2 unspecified atom stereocenters. The van der Waals surface area contributed by atoms with Crippen molar-refractivity contribution < 1.29 is 19.9 Å². The number of hydrogen-bond acceptors (Lipinski definition) is 5. The molecule has 110 valence electrons. The molecule has 1 fully saturated rings. The second kappa shape index (κ2) is 6.19. The van der Waals surface area contributed by atoms with Crippen molar-refractivity contribution in [2.75, 3.05) is 0 Å². The molecule has 1 aliphatic carbocycles. The zero-order valence-corrected chi connectivity index (χ0v) is 11.4. The number of nitro benzene ring substituents is 1. The van der Waals surface area contributed by atoms with Crippen LogP contribution >= 0.6 is 0 Å². The maximum Gasteiger partial charge on any atom is 0.270 e. The highest BCUT2D eigenvalue weighted by Crippen LogP contribution is 2.32. The van der Waals surface area contributed by atoms with Gasteiger partial charge in [0.15, 0.2) is 0 Å². The Morgan fingerprint density at radius 2 is 2.10 bits per heavy atom. The second-order valence-corrected chi connectivity index (χ2v) is 5.16. The van der Waals surface area contributed by atoms with Gasteiger partial charge >= 0.3 is 0 Å². The van der Waals surface area contributed by atoms with Crippen LogP contribution in [0.15, 0.2) is 18.2 Å². The molecule has 6 nitrogen and oxygen atoms in total. The Bertz CT molecular complexity index is 488. The minimum Gasteiger partial charge on any atom is -0.487 e. The molecule has 2 rings (SSSR count). The normalized spacial score (nSPS) is 24.1. The van der Waals surface area contributed by atoms with Gasteiger partial charge in [-0.25, -0.2) is 0 Å². The summed E-state index contributed by atoms with van der Waals surface area (Å²) < 4.78 is 5.76. The zero-order valence-electron chi connectivity index (χ0n) is 11.4. The summed E-state index contributed by atoms with van der Waals surface area (Å²) in [5.41, 5.74) is 0.286. The van der Waals surface area contributed by atoms with Crippen LogP contribution in [-0.4, -0.2) is 27.3 Å². The predicted octanol–water partition coefficient (Wildman–Crippen LogP) is 2.33. The van der Waals surface area contributed by atoms with Gasteiger partial charge in [-0.1, -0.05) is 6.42 Å². The molecule has 1 aliphatic rings. The highest BCUT2D eigenvalue weighted by Gasteiger charge is 2.26. The van der Waals surface area contributed by atoms with E-state index in [9.17, 15) is 20.3 Å². The lowest BCUT2D eigenvalue weighted by Crippen LogP contribution is -2.34. The smallest absolute Gasteiger partial charge is 0.270 e. The molecule has 1 aromatic carbocycles. The van der Waals surface area contributed by atoms with Crippen LogP contribution in [-0.2, 0) is 0 Å². The molecule has 0 aliphatic heterocycles. The molecule has 3 atom stereocenters. The maximum absolute atomic E-state index is 10.8. The number of ether oxygens (including phenoxy) is 1. The highest BCUT2D eigenvalue weighted by molar-refractivity contribution is 5.45. The molecule has 1 saturated carbocycles. The van der Waals surface area contributed by atoms with Gasteiger partial charge in [-0.3, -0.25) is 10.1 Å². The van der Waals surface area contributed by atoms with Crippen LogP contribution in [0, 0.1) is 10.1 Å². The SMILES string of the molecule is C[C@H](O)c1cc([N+](=O)[O-])ccc1OC1CCCCC1O. The van der Waals surface area contributed by atoms with Crippen molar-refractivity contribution in [3.05, 3.63) is 33.9 Å². The maximum atomic E-state index is 10.8. The van der Waals surface area contributed by atoms with Crippen LogP contribution in [0.3, 0.4) is 0 Å². The van der Waals surface area contributed by atoms with Crippen molar-refractivity contribution in [3.63, 3.8) is 0 Å². The lowest BCUT2D eigenvalue weighted by Gasteiger charge is -2.29. The van der Waals surface area contributed by atoms with Gasteiger partial charge in [0.05, 0.1) is 17.1 Å². The first-order valence-electron chi connectivity index (χ1n) is 6.80. The van der Waals surface area contributed by atoms with Crippen molar-refractivity contribution in [1.29, 1.82) is 0 Å². The van der Waals surface area contributed by atoms with E-state index in [1.165, 1.54) is 25.1 Å². The number of aliphatic hydroxyl groups excluding tert-OH is 2. The Morgan fingerprint density at radius 1 is 1.40 bits per heavy atom. The first-order chi connectivity index (χ1) is 9.49. The van der Waals surface area contributed by atoms with Gasteiger partial charge in [0, 0.05) is 17.7 Å². The second-order valence-electron chi connectivity index (χ2n) is 5.16. The van der Waals surface area contributed by atoms with Crippen LogP contribution < -0.4 is 4.74 Å². The summed E-state index contributed by atoms with van der Waals surface area (Å²) in [6.07, 6.45) is 1.69. The third kappa shape index (κ3) is 3.26. The van der Waals surface area contributed by atoms with Crippen molar-refractivity contribution in [2.24, 2.45) is 0 Å². The number of nitro groups is 1. The summed E-state index contributed by atoms with van der Waals surface area (Å²) in [6, 6.07) is 4.15. The van der Waals surface area contributed by atoms with Gasteiger partial charge in [-0.05, 0) is 32.3 Å². The van der Waals surface area contributed by atoms with E-state index in [0.29, 0.717) is 17.7 Å². The molecule has 0 heterocycles. The third-order valence-electron chi connectivity index (χ3n) is 3.60. The van der Waals surface area contributed by atoms with E-state index in [1.807, 2.05) is 0 Å². The van der Waals surface area contributed by atoms with Gasteiger partial charge in [0.2, 0.25) is 0 Å². The zero-order chi connectivity index (χ0) is 14.7. The highest BCUT2D eigenvalue weighted by atomic mass is 16.6. The van der Waals surface area contributed by atoms with Crippen LogP contribution in [0.1, 0.15) is 44.3 Å². The van der Waals surface area contributed by atoms with E-state index in [1.54, 1.807) is 0 Å². The fraction of sp³-hybridized carbons (Fsp3) is 0.571. The van der Waals surface area contributed by atoms with E-state index in [2.05, 4.69) is 0 Å². The van der Waals surface area contributed by atoms with Gasteiger partial charge in [0.1, 0.15) is 11.9 Å². The standard InChI is InChI=1S/C14H19NO5/c1-9(16)11-8-10(15(18)19)6-7-13(11)20-14-5-3-2-4-12(14)17/h6-9,12,14,16-17H,2-5H2,1H3/t9-,12?,14?/m0/s1. The first-order valence-corrected chi connectivity index (χ1v) is 6.80. The molecule has 0 saturated heterocycles. The topological polar surface area (TPSA) is 92.8 Å². The first kappa shape index (κ1) is 14.7. The fourth-order valence-corrected chi connectivity index (χ4v) is 2.46. The number of non-ortho nitro benzene ring substituents is 1. The number of aliphatic hydroxyl groups is 2. The van der Waals surface area contributed by atoms with Crippen molar-refractivity contribution in [1.82, 2.24) is 0 Å². The average Bonchev–Trinajstić information content (AvgIpc) is 2.41. The lowest BCUT2D eigenvalue weighted by molar-refractivity contribution is -0.385. The molecule has 0 radical (unpaired) electrons. The molecular weight excluding hydrogens is 262 g/mol. The van der Waals surface area contributed by atoms with Crippen LogP contribution in [0.4, 0.5) is 5.69 Å². The summed E-state index contributed by atoms with van der Waals surface area (Å²) in [5, 5.41) is 30.4. The van der Waals surface area contributed by atoms with Crippen molar-refractivity contribution >= 4 is 5.69 Å². The largest absolute Gasteiger partial charge is 0.487 e. The molecule has 20 heavy (non-hydrogen) atoms. The minimum absolute atomic E-state index is 0.0857. The molecule has 1 aromatic rings. The summed E-state index contributed by atoms with van der Waals surface area (Å²) >= 11 is 0. The molecular formula is C14H19NO5. The number of nitrogens with zero attached hydrogens (tertiary/aromatic N) is 1. The summed E-state index contributed by atoms with van der Waals surface area (Å²) in [5.74, 6) is 0.400. The summed E-state index contributed by atoms with van der Waals surface area (Å²) in [7, 11) is 0. The number of rotatable bonds is 4. The third-order valence-corrected chi connectivity index (χ3v) is 3.60. The Hall–Kier alpha value is -1.66. The number of hydrogen-bond donors (Lipinski definition) is 2. The van der Waals surface area contributed by atoms with E-state index in [4.69, 9.17) is 4.74 Å². The molecule has 0 aromatic heterocycles. The van der Waals surface area contributed by atoms with E-state index >= 15 is 0 Å². The van der Waals surface area contributed by atoms with Crippen molar-refractivity contribution in [2.45, 2.75) is 50.9 Å². The van der Waals surface area contributed by atoms with Crippen LogP contribution in [0.25, 0.3) is 0 Å². The van der Waals surface area contributed by atoms with E-state index in [0.717, 1.165) is 19.3 Å². The summed E-state index contributed by atoms with van der Waals surface area (Å²) in [6.45, 7) is 1.53. The molecule has 2 N–H and O–H groups in total. The van der Waals surface area contributed by atoms with Crippen LogP contribution in [0.2, 0.25) is 0 Å².